The summed E-state index contributed by atoms with van der Waals surface area (Å²) in [5.41, 5.74) is 10.4. The Hall–Kier alpha value is -10.9. The van der Waals surface area contributed by atoms with Crippen molar-refractivity contribution in [3.05, 3.63) is 262 Å². The largest absolute Gasteiger partial charge is 0.355 e. The predicted molar refractivity (Wildman–Crippen MR) is 570 cm³/mol. The van der Waals surface area contributed by atoms with E-state index in [1.54, 1.807) is 48.5 Å². The maximum absolute atomic E-state index is 13.5. The summed E-state index contributed by atoms with van der Waals surface area (Å²) in [6.07, 6.45) is 30.7. The van der Waals surface area contributed by atoms with Gasteiger partial charge in [0.1, 0.15) is 23.3 Å². The van der Waals surface area contributed by atoms with Crippen LogP contribution in [0.5, 0.6) is 0 Å². The van der Waals surface area contributed by atoms with E-state index in [2.05, 4.69) is 111 Å². The summed E-state index contributed by atoms with van der Waals surface area (Å²) in [4.78, 5) is 110. The smallest absolute Gasteiger partial charge is 0.230 e. The maximum Gasteiger partial charge on any atom is 0.230 e. The van der Waals surface area contributed by atoms with Crippen molar-refractivity contribution in [2.24, 2.45) is 11.8 Å². The van der Waals surface area contributed by atoms with Crippen LogP contribution in [0.25, 0.3) is 0 Å². The summed E-state index contributed by atoms with van der Waals surface area (Å²) < 4.78 is 53.8. The molecule has 4 saturated carbocycles. The second kappa shape index (κ2) is 55.0. The third-order valence-corrected chi connectivity index (χ3v) is 32.0. The lowest BCUT2D eigenvalue weighted by molar-refractivity contribution is -0.128. The van der Waals surface area contributed by atoms with Crippen molar-refractivity contribution in [1.29, 1.82) is 0 Å². The first-order valence-electron chi connectivity index (χ1n) is 54.4. The fourth-order valence-electron chi connectivity index (χ4n) is 23.1. The van der Waals surface area contributed by atoms with Crippen molar-refractivity contribution in [3.8, 4) is 0 Å². The summed E-state index contributed by atoms with van der Waals surface area (Å²) in [5, 5.41) is 24.7. The first kappa shape index (κ1) is 110. The van der Waals surface area contributed by atoms with Gasteiger partial charge in [-0.1, -0.05) is 203 Å². The van der Waals surface area contributed by atoms with E-state index in [1.165, 1.54) is 70.8 Å². The zero-order valence-corrected chi connectivity index (χ0v) is 86.4. The van der Waals surface area contributed by atoms with Crippen LogP contribution in [0.3, 0.4) is 0 Å². The Morgan fingerprint density at radius 1 is 0.285 bits per heavy atom. The Morgan fingerprint density at radius 2 is 0.486 bits per heavy atom. The number of amides is 8. The number of halogens is 4. The number of carbonyl (C=O) groups excluding carboxylic acids is 8. The molecule has 8 N–H and O–H groups in total. The van der Waals surface area contributed by atoms with Crippen molar-refractivity contribution < 1.29 is 55.9 Å². The second-order valence-corrected chi connectivity index (χ2v) is 42.4. The number of benzene rings is 8. The monoisotopic (exact) mass is 1970 g/mol. The summed E-state index contributed by atoms with van der Waals surface area (Å²) >= 11 is 0. The Kier molecular flexibility index (Phi) is 42.1. The molecule has 16 rings (SSSR count). The van der Waals surface area contributed by atoms with E-state index in [-0.39, 0.29) is 82.4 Å². The number of nitrogens with zero attached hydrogens (tertiary/aromatic N) is 4. The topological polar surface area (TPSA) is 246 Å². The van der Waals surface area contributed by atoms with Crippen LogP contribution in [0, 0.1) is 35.1 Å². The van der Waals surface area contributed by atoms with Crippen LogP contribution in [0.4, 0.5) is 40.3 Å². The summed E-state index contributed by atoms with van der Waals surface area (Å²) in [7, 11) is 0. The van der Waals surface area contributed by atoms with Crippen molar-refractivity contribution in [1.82, 2.24) is 40.9 Å². The van der Waals surface area contributed by atoms with Crippen LogP contribution in [-0.4, -0.2) is 172 Å². The van der Waals surface area contributed by atoms with Gasteiger partial charge in [-0.3, -0.25) is 38.4 Å². The molecule has 4 saturated heterocycles. The van der Waals surface area contributed by atoms with Crippen LogP contribution in [0.1, 0.15) is 315 Å². The molecule has 20 nitrogen and oxygen atoms in total. The molecular weight excluding hydrogens is 1810 g/mol. The third kappa shape index (κ3) is 31.1. The van der Waals surface area contributed by atoms with Gasteiger partial charge in [-0.05, 0) is 372 Å². The fourth-order valence-corrected chi connectivity index (χ4v) is 23.1. The molecule has 0 bridgehead atoms. The molecule has 0 radical (unpaired) electrons. The van der Waals surface area contributed by atoms with Gasteiger partial charge in [0.25, 0.3) is 0 Å². The lowest BCUT2D eigenvalue weighted by Crippen LogP contribution is -2.46. The van der Waals surface area contributed by atoms with Crippen molar-refractivity contribution >= 4 is 70.0 Å². The molecule has 776 valence electrons. The van der Waals surface area contributed by atoms with E-state index in [1.807, 2.05) is 90.1 Å². The molecule has 0 spiro atoms. The minimum atomic E-state index is -0.520. The van der Waals surface area contributed by atoms with Gasteiger partial charge in [0.2, 0.25) is 47.3 Å². The van der Waals surface area contributed by atoms with Gasteiger partial charge in [-0.2, -0.15) is 0 Å². The van der Waals surface area contributed by atoms with Gasteiger partial charge < -0.3 is 62.1 Å². The molecule has 8 aromatic rings. The van der Waals surface area contributed by atoms with E-state index >= 15 is 0 Å². The van der Waals surface area contributed by atoms with Crippen LogP contribution >= 0.6 is 0 Å². The first-order valence-corrected chi connectivity index (χ1v) is 54.4. The molecule has 144 heavy (non-hydrogen) atoms. The lowest BCUT2D eigenvalue weighted by Gasteiger charge is -2.36. The number of anilines is 4. The number of hydrogen-bond acceptors (Lipinski definition) is 12. The molecule has 0 aromatic heterocycles. The normalized spacial score (nSPS) is 18.4. The van der Waals surface area contributed by atoms with Crippen LogP contribution in [0.2, 0.25) is 0 Å². The highest BCUT2D eigenvalue weighted by atomic mass is 19.1. The number of hydrogen-bond donors (Lipinski definition) is 8. The Labute approximate surface area is 853 Å². The molecule has 8 fully saturated rings. The fraction of sp³-hybridized carbons (Fsp3) is 0.533. The van der Waals surface area contributed by atoms with E-state index in [4.69, 9.17) is 0 Å². The molecule has 4 heterocycles. The van der Waals surface area contributed by atoms with Crippen LogP contribution < -0.4 is 42.5 Å². The molecule has 4 aliphatic heterocycles. The zero-order chi connectivity index (χ0) is 102. The molecule has 0 atom stereocenters. The number of likely N-dealkylation sites (tertiary alicyclic amines) is 4. The van der Waals surface area contributed by atoms with E-state index in [9.17, 15) is 55.9 Å². The predicted octanol–water partition coefficient (Wildman–Crippen LogP) is 22.8. The average Bonchev–Trinajstić information content (AvgIpc) is 1.29. The van der Waals surface area contributed by atoms with Gasteiger partial charge in [0.05, 0.1) is 21.7 Å². The van der Waals surface area contributed by atoms with Gasteiger partial charge >= 0.3 is 0 Å². The highest BCUT2D eigenvalue weighted by Crippen LogP contribution is 2.46. The van der Waals surface area contributed by atoms with Gasteiger partial charge in [-0.15, -0.1) is 0 Å². The maximum atomic E-state index is 13.5. The van der Waals surface area contributed by atoms with Crippen LogP contribution in [-0.2, 0) is 60.0 Å². The minimum Gasteiger partial charge on any atom is -0.355 e. The summed E-state index contributed by atoms with van der Waals surface area (Å²) in [6, 6.07) is 59.1. The van der Waals surface area contributed by atoms with E-state index in [0.717, 1.165) is 316 Å². The SMILES string of the molecule is CC(C)C(=O)Nc1cccc(C2CCN(CCCNC(=O)C3(c4ccc(F)cc4)CCCC3)CC2)c1.CC(C)C(=O)Nc1cccc(C2CCN(CCCNC(=O)C3(c4ccc(F)cc4)CCCCC3)CC2)c1.CCC(=O)Nc1cccc(C2CCN(CCCNC(=O)C3(c4ccc(F)cc4)CCCC3)CC2)c1.CCC(=O)Nc1cccc(C2CCN(CCCNC(=O)C3(c4ccc(F)cc4)CCCCC3)CC2)c1. The highest BCUT2D eigenvalue weighted by Gasteiger charge is 2.46. The molecule has 8 amide bonds. The molecular formula is C120H160F4N12O8. The van der Waals surface area contributed by atoms with Gasteiger partial charge in [0, 0.05) is 73.6 Å². The summed E-state index contributed by atoms with van der Waals surface area (Å²) in [6.45, 7) is 26.2. The molecule has 8 aliphatic rings. The quantitative estimate of drug-likeness (QED) is 0.0135. The second-order valence-electron chi connectivity index (χ2n) is 42.4. The van der Waals surface area contributed by atoms with Gasteiger partial charge in [0.15, 0.2) is 0 Å². The summed E-state index contributed by atoms with van der Waals surface area (Å²) in [5.74, 6) is 1.50. The molecule has 24 heteroatoms. The van der Waals surface area contributed by atoms with Crippen molar-refractivity contribution in [3.63, 3.8) is 0 Å². The van der Waals surface area contributed by atoms with E-state index < -0.39 is 21.7 Å². The molecule has 0 unspecified atom stereocenters. The number of rotatable bonds is 36. The standard InChI is InChI=1S/C31H42FN3O2.2C30H40FN3O2.C29H38FN3O2/c1-23(2)29(36)34-28-9-6-8-25(22-28)24-14-20-35(21-15-24)19-7-18-33-30(37)31(16-4-3-5-17-31)26-10-12-27(32)13-11-26;1-22(2)28(35)33-27-8-5-7-24(21-27)23-13-19-34(20-14-23)18-6-17-32-29(36)30(15-3-4-16-30)25-9-11-26(31)12-10-25;1-2-28(35)33-27-9-6-8-24(22-27)23-14-20-34(21-15-23)19-7-18-32-29(36)30(16-4-3-5-17-30)25-10-12-26(31)13-11-25;1-2-27(34)32-26-8-5-7-23(21-26)22-13-19-33(20-14-22)18-6-17-31-28(35)29(15-3-4-16-29)24-9-11-25(30)12-10-24/h6,8-13,22-24H,3-5,7,14-21H2,1-2H3,(H,33,37)(H,34,36);5,7-12,21-23H,3-4,6,13-20H2,1-2H3,(H,32,36)(H,33,35);6,8-13,22-23H,2-5,7,14-21H2,1H3,(H,32,36)(H,33,35);5,7-12,21-22H,2-4,6,13-20H2,1H3,(H,31,35)(H,32,34). The molecule has 8 aromatic carbocycles. The average molecular weight is 1970 g/mol. The van der Waals surface area contributed by atoms with E-state index in [0.29, 0.717) is 62.7 Å². The first-order chi connectivity index (χ1) is 69.7. The lowest BCUT2D eigenvalue weighted by atomic mass is 9.68. The van der Waals surface area contributed by atoms with Crippen LogP contribution in [0.15, 0.2) is 194 Å². The minimum absolute atomic E-state index is 0.0340. The zero-order valence-electron chi connectivity index (χ0n) is 86.4. The third-order valence-electron chi connectivity index (χ3n) is 32.0. The Bertz CT molecular complexity index is 5390. The number of carbonyl (C=O) groups is 8. The van der Waals surface area contributed by atoms with Gasteiger partial charge in [-0.25, -0.2) is 17.6 Å². The van der Waals surface area contributed by atoms with Crippen molar-refractivity contribution in [2.45, 2.75) is 292 Å². The van der Waals surface area contributed by atoms with Crippen molar-refractivity contribution in [2.75, 3.05) is 126 Å². The Balaban J connectivity index is 0.000000161. The number of piperidine rings is 4. The Morgan fingerprint density at radius 3 is 0.688 bits per heavy atom. The highest BCUT2D eigenvalue weighted by molar-refractivity contribution is 5.95. The molecule has 4 aliphatic carbocycles. The number of nitrogens with one attached hydrogen (secondary N) is 8.